The minimum atomic E-state index is -0.341. The molecule has 1 aromatic carbocycles. The Labute approximate surface area is 182 Å². The molecule has 0 fully saturated rings. The second-order valence-corrected chi connectivity index (χ2v) is 8.95. The van der Waals surface area contributed by atoms with Crippen LogP contribution in [0, 0.1) is 5.92 Å². The maximum Gasteiger partial charge on any atom is 0.341 e. The molecule has 0 bridgehead atoms. The zero-order chi connectivity index (χ0) is 21.7. The van der Waals surface area contributed by atoms with Crippen molar-refractivity contribution in [3.63, 3.8) is 0 Å². The number of anilines is 1. The zero-order valence-corrected chi connectivity index (χ0v) is 18.9. The van der Waals surface area contributed by atoms with E-state index in [-0.39, 0.29) is 18.4 Å². The molecule has 30 heavy (non-hydrogen) atoms. The van der Waals surface area contributed by atoms with E-state index in [1.54, 1.807) is 14.0 Å². The van der Waals surface area contributed by atoms with E-state index in [0.717, 1.165) is 36.1 Å². The van der Waals surface area contributed by atoms with E-state index in [1.807, 2.05) is 36.2 Å². The fraction of sp³-hybridized carbons (Fsp3) is 0.478. The van der Waals surface area contributed by atoms with E-state index < -0.39 is 0 Å². The molecule has 0 spiro atoms. The summed E-state index contributed by atoms with van der Waals surface area (Å²) < 4.78 is 10.5. The van der Waals surface area contributed by atoms with Crippen molar-refractivity contribution in [3.8, 4) is 5.75 Å². The van der Waals surface area contributed by atoms with Gasteiger partial charge in [-0.25, -0.2) is 4.79 Å². The van der Waals surface area contributed by atoms with Crippen LogP contribution in [0.4, 0.5) is 5.00 Å². The van der Waals surface area contributed by atoms with Gasteiger partial charge in [0.25, 0.3) is 0 Å². The van der Waals surface area contributed by atoms with Crippen molar-refractivity contribution >= 4 is 28.2 Å². The van der Waals surface area contributed by atoms with Crippen molar-refractivity contribution in [2.75, 3.05) is 32.6 Å². The minimum absolute atomic E-state index is 0.136. The number of rotatable bonds is 8. The van der Waals surface area contributed by atoms with Gasteiger partial charge in [0.2, 0.25) is 5.91 Å². The number of amides is 1. The molecule has 162 valence electrons. The van der Waals surface area contributed by atoms with Crippen LogP contribution in [0.1, 0.15) is 46.6 Å². The third-order valence-electron chi connectivity index (χ3n) is 5.27. The molecule has 1 N–H and O–H groups in total. The van der Waals surface area contributed by atoms with Crippen LogP contribution < -0.4 is 10.1 Å². The predicted molar refractivity (Wildman–Crippen MR) is 119 cm³/mol. The summed E-state index contributed by atoms with van der Waals surface area (Å²) >= 11 is 1.52. The molecule has 1 heterocycles. The smallest absolute Gasteiger partial charge is 0.341 e. The average molecular weight is 431 g/mol. The van der Waals surface area contributed by atoms with Gasteiger partial charge in [0.1, 0.15) is 10.8 Å². The SMILES string of the molecule is CCOC(=O)c1c(NC(=O)CN(C)Cc2ccc(OC)cc2)sc2c1CCC(C)C2. The summed E-state index contributed by atoms with van der Waals surface area (Å²) in [5.41, 5.74) is 2.70. The number of esters is 1. The largest absolute Gasteiger partial charge is 0.497 e. The van der Waals surface area contributed by atoms with E-state index >= 15 is 0 Å². The lowest BCUT2D eigenvalue weighted by molar-refractivity contribution is -0.117. The number of methoxy groups -OCH3 is 1. The fourth-order valence-corrected chi connectivity index (χ4v) is 5.18. The number of nitrogens with one attached hydrogen (secondary N) is 1. The van der Waals surface area contributed by atoms with Crippen LogP contribution in [0.15, 0.2) is 24.3 Å². The van der Waals surface area contributed by atoms with Gasteiger partial charge in [-0.05, 0) is 62.4 Å². The Hall–Kier alpha value is -2.38. The van der Waals surface area contributed by atoms with Gasteiger partial charge in [0.15, 0.2) is 0 Å². The van der Waals surface area contributed by atoms with E-state index in [1.165, 1.54) is 16.2 Å². The van der Waals surface area contributed by atoms with Gasteiger partial charge < -0.3 is 14.8 Å². The number of thiophene rings is 1. The number of carbonyl (C=O) groups excluding carboxylic acids is 2. The Kier molecular flexibility index (Phi) is 7.50. The number of fused-ring (bicyclic) bond motifs is 1. The average Bonchev–Trinajstić information content (AvgIpc) is 3.05. The second-order valence-electron chi connectivity index (χ2n) is 7.84. The topological polar surface area (TPSA) is 67.9 Å². The van der Waals surface area contributed by atoms with E-state index in [2.05, 4.69) is 12.2 Å². The molecule has 1 atom stereocenters. The zero-order valence-electron chi connectivity index (χ0n) is 18.1. The van der Waals surface area contributed by atoms with Crippen LogP contribution in [0.2, 0.25) is 0 Å². The predicted octanol–water partition coefficient (Wildman–Crippen LogP) is 4.13. The lowest BCUT2D eigenvalue weighted by atomic mass is 9.88. The van der Waals surface area contributed by atoms with Gasteiger partial charge in [-0.1, -0.05) is 19.1 Å². The molecular formula is C23H30N2O4S. The van der Waals surface area contributed by atoms with Crippen molar-refractivity contribution in [1.29, 1.82) is 0 Å². The van der Waals surface area contributed by atoms with Crippen LogP contribution in [-0.4, -0.2) is 44.1 Å². The minimum Gasteiger partial charge on any atom is -0.497 e. The first-order valence-corrected chi connectivity index (χ1v) is 11.2. The number of hydrogen-bond acceptors (Lipinski definition) is 6. The van der Waals surface area contributed by atoms with Gasteiger partial charge in [-0.15, -0.1) is 11.3 Å². The van der Waals surface area contributed by atoms with Crippen molar-refractivity contribution in [2.45, 2.75) is 39.7 Å². The third-order valence-corrected chi connectivity index (χ3v) is 6.44. The lowest BCUT2D eigenvalue weighted by Gasteiger charge is -2.18. The van der Waals surface area contributed by atoms with Gasteiger partial charge in [-0.2, -0.15) is 0 Å². The molecule has 0 saturated heterocycles. The number of hydrogen-bond donors (Lipinski definition) is 1. The Morgan fingerprint density at radius 3 is 2.67 bits per heavy atom. The van der Waals surface area contributed by atoms with Crippen molar-refractivity contribution < 1.29 is 19.1 Å². The summed E-state index contributed by atoms with van der Waals surface area (Å²) in [5, 5.41) is 3.59. The highest BCUT2D eigenvalue weighted by atomic mass is 32.1. The number of likely N-dealkylation sites (N-methyl/N-ethyl adjacent to an activating group) is 1. The normalized spacial score (nSPS) is 15.6. The fourth-order valence-electron chi connectivity index (χ4n) is 3.77. The molecule has 1 aliphatic rings. The van der Waals surface area contributed by atoms with E-state index in [4.69, 9.17) is 9.47 Å². The quantitative estimate of drug-likeness (QED) is 0.638. The van der Waals surface area contributed by atoms with Crippen LogP contribution >= 0.6 is 11.3 Å². The summed E-state index contributed by atoms with van der Waals surface area (Å²) in [4.78, 5) is 28.4. The Morgan fingerprint density at radius 1 is 1.27 bits per heavy atom. The highest BCUT2D eigenvalue weighted by Crippen LogP contribution is 2.40. The number of carbonyl (C=O) groups is 2. The van der Waals surface area contributed by atoms with Gasteiger partial charge in [0, 0.05) is 11.4 Å². The molecular weight excluding hydrogens is 400 g/mol. The summed E-state index contributed by atoms with van der Waals surface area (Å²) in [6.07, 6.45) is 2.85. The van der Waals surface area contributed by atoms with E-state index in [0.29, 0.717) is 29.6 Å². The van der Waals surface area contributed by atoms with Crippen molar-refractivity contribution in [1.82, 2.24) is 4.90 Å². The molecule has 7 heteroatoms. The third kappa shape index (κ3) is 5.40. The summed E-state index contributed by atoms with van der Waals surface area (Å²) in [6.45, 7) is 5.20. The molecule has 1 aromatic heterocycles. The molecule has 1 unspecified atom stereocenters. The Bertz CT molecular complexity index is 891. The maximum absolute atomic E-state index is 12.7. The molecule has 2 aromatic rings. The second kappa shape index (κ2) is 10.1. The van der Waals surface area contributed by atoms with Crippen molar-refractivity contribution in [3.05, 3.63) is 45.8 Å². The molecule has 1 aliphatic carbocycles. The standard InChI is InChI=1S/C23H30N2O4S/c1-5-29-23(27)21-18-11-6-15(2)12-19(18)30-22(21)24-20(26)14-25(3)13-16-7-9-17(28-4)10-8-16/h7-10,15H,5-6,11-14H2,1-4H3,(H,24,26). The highest BCUT2D eigenvalue weighted by molar-refractivity contribution is 7.17. The molecule has 6 nitrogen and oxygen atoms in total. The Balaban J connectivity index is 1.68. The number of benzene rings is 1. The van der Waals surface area contributed by atoms with Crippen LogP contribution in [0.5, 0.6) is 5.75 Å². The first-order chi connectivity index (χ1) is 14.4. The van der Waals surface area contributed by atoms with Crippen LogP contribution in [0.3, 0.4) is 0 Å². The first kappa shape index (κ1) is 22.3. The summed E-state index contributed by atoms with van der Waals surface area (Å²) in [5.74, 6) is 0.918. The van der Waals surface area contributed by atoms with Gasteiger partial charge in [-0.3, -0.25) is 9.69 Å². The number of nitrogens with zero attached hydrogens (tertiary/aromatic N) is 1. The molecule has 0 aliphatic heterocycles. The molecule has 1 amide bonds. The van der Waals surface area contributed by atoms with Gasteiger partial charge >= 0.3 is 5.97 Å². The Morgan fingerprint density at radius 2 is 2.00 bits per heavy atom. The van der Waals surface area contributed by atoms with Crippen LogP contribution in [-0.2, 0) is 28.9 Å². The lowest BCUT2D eigenvalue weighted by Crippen LogP contribution is -2.30. The first-order valence-electron chi connectivity index (χ1n) is 10.3. The molecule has 0 saturated carbocycles. The molecule has 0 radical (unpaired) electrons. The number of ether oxygens (including phenoxy) is 2. The van der Waals surface area contributed by atoms with E-state index in [9.17, 15) is 9.59 Å². The summed E-state index contributed by atoms with van der Waals surface area (Å²) in [6, 6.07) is 7.79. The molecule has 3 rings (SSSR count). The summed E-state index contributed by atoms with van der Waals surface area (Å²) in [7, 11) is 3.54. The van der Waals surface area contributed by atoms with Gasteiger partial charge in [0.05, 0.1) is 25.8 Å². The monoisotopic (exact) mass is 430 g/mol. The van der Waals surface area contributed by atoms with Crippen molar-refractivity contribution in [2.24, 2.45) is 5.92 Å². The maximum atomic E-state index is 12.7. The van der Waals surface area contributed by atoms with Crippen LogP contribution in [0.25, 0.3) is 0 Å². The highest BCUT2D eigenvalue weighted by Gasteiger charge is 2.29.